The van der Waals surface area contributed by atoms with Crippen molar-refractivity contribution in [2.45, 2.75) is 58.2 Å². The second-order valence-corrected chi connectivity index (χ2v) is 5.05. The summed E-state index contributed by atoms with van der Waals surface area (Å²) < 4.78 is 0. The van der Waals surface area contributed by atoms with Crippen LogP contribution < -0.4 is 0 Å². The largest absolute Gasteiger partial charge is 0.393 e. The summed E-state index contributed by atoms with van der Waals surface area (Å²) in [7, 11) is 0. The lowest BCUT2D eigenvalue weighted by Crippen LogP contribution is -2.30. The normalized spacial score (nSPS) is 37.2. The Kier molecular flexibility index (Phi) is 3.36. The van der Waals surface area contributed by atoms with Crippen LogP contribution in [0.15, 0.2) is 0 Å². The fraction of sp³-hybridized carbons (Fsp3) is 1.00. The van der Waals surface area contributed by atoms with E-state index in [0.717, 1.165) is 25.7 Å². The molecule has 0 aromatic heterocycles. The van der Waals surface area contributed by atoms with Crippen LogP contribution in [0.5, 0.6) is 0 Å². The van der Waals surface area contributed by atoms with Gasteiger partial charge in [0.05, 0.1) is 11.7 Å². The van der Waals surface area contributed by atoms with E-state index in [0.29, 0.717) is 11.8 Å². The second kappa shape index (κ2) is 3.97. The molecule has 1 aliphatic carbocycles. The molecule has 0 aromatic rings. The van der Waals surface area contributed by atoms with E-state index in [1.807, 2.05) is 13.8 Å². The van der Waals surface area contributed by atoms with Crippen LogP contribution in [-0.2, 0) is 0 Å². The van der Waals surface area contributed by atoms with Crippen molar-refractivity contribution < 1.29 is 10.2 Å². The summed E-state index contributed by atoms with van der Waals surface area (Å²) in [6.07, 6.45) is 3.72. The van der Waals surface area contributed by atoms with Crippen molar-refractivity contribution >= 4 is 0 Å². The Labute approximate surface area is 81.0 Å². The van der Waals surface area contributed by atoms with Gasteiger partial charge in [0.15, 0.2) is 0 Å². The maximum atomic E-state index is 9.86. The van der Waals surface area contributed by atoms with E-state index in [9.17, 15) is 10.2 Å². The molecule has 3 atom stereocenters. The summed E-state index contributed by atoms with van der Waals surface area (Å²) in [6, 6.07) is 0. The smallest absolute Gasteiger partial charge is 0.0619 e. The SMILES string of the molecule is C[C@@H]1CC[C@@H](C(C)(C)O)CC[C@H]1O. The summed E-state index contributed by atoms with van der Waals surface area (Å²) in [5.41, 5.74) is -0.580. The highest BCUT2D eigenvalue weighted by Crippen LogP contribution is 2.33. The maximum Gasteiger partial charge on any atom is 0.0619 e. The van der Waals surface area contributed by atoms with Crippen LogP contribution in [0.2, 0.25) is 0 Å². The predicted octanol–water partition coefficient (Wildman–Crippen LogP) is 1.94. The lowest BCUT2D eigenvalue weighted by Gasteiger charge is -2.28. The third kappa shape index (κ3) is 2.96. The van der Waals surface area contributed by atoms with E-state index < -0.39 is 5.60 Å². The second-order valence-electron chi connectivity index (χ2n) is 5.05. The highest BCUT2D eigenvalue weighted by Gasteiger charge is 2.31. The minimum atomic E-state index is -0.580. The van der Waals surface area contributed by atoms with Gasteiger partial charge in [-0.1, -0.05) is 6.92 Å². The summed E-state index contributed by atoms with van der Waals surface area (Å²) >= 11 is 0. The van der Waals surface area contributed by atoms with E-state index in [-0.39, 0.29) is 6.10 Å². The third-order valence-corrected chi connectivity index (χ3v) is 3.44. The minimum absolute atomic E-state index is 0.160. The molecule has 0 amide bonds. The van der Waals surface area contributed by atoms with Crippen molar-refractivity contribution in [2.75, 3.05) is 0 Å². The molecule has 1 fully saturated rings. The van der Waals surface area contributed by atoms with Gasteiger partial charge in [-0.2, -0.15) is 0 Å². The number of rotatable bonds is 1. The Balaban J connectivity index is 2.54. The highest BCUT2D eigenvalue weighted by molar-refractivity contribution is 4.82. The van der Waals surface area contributed by atoms with Gasteiger partial charge in [-0.15, -0.1) is 0 Å². The molecule has 1 aliphatic rings. The predicted molar refractivity (Wildman–Crippen MR) is 53.4 cm³/mol. The molecule has 2 N–H and O–H groups in total. The molecular weight excluding hydrogens is 164 g/mol. The number of hydrogen-bond donors (Lipinski definition) is 2. The van der Waals surface area contributed by atoms with Crippen molar-refractivity contribution in [2.24, 2.45) is 11.8 Å². The van der Waals surface area contributed by atoms with E-state index >= 15 is 0 Å². The third-order valence-electron chi connectivity index (χ3n) is 3.44. The highest BCUT2D eigenvalue weighted by atomic mass is 16.3. The molecule has 2 heteroatoms. The number of hydrogen-bond acceptors (Lipinski definition) is 2. The van der Waals surface area contributed by atoms with E-state index in [4.69, 9.17) is 0 Å². The Bertz CT molecular complexity index is 148. The molecule has 0 spiro atoms. The zero-order valence-corrected chi connectivity index (χ0v) is 8.95. The standard InChI is InChI=1S/C11H22O2/c1-8-4-5-9(11(2,3)13)6-7-10(8)12/h8-10,12-13H,4-7H2,1-3H3/t8-,9-,10-/m1/s1. The van der Waals surface area contributed by atoms with Crippen molar-refractivity contribution in [1.29, 1.82) is 0 Å². The summed E-state index contributed by atoms with van der Waals surface area (Å²) in [6.45, 7) is 5.84. The average Bonchev–Trinajstić information content (AvgIpc) is 2.14. The van der Waals surface area contributed by atoms with Gasteiger partial charge in [-0.3, -0.25) is 0 Å². The maximum absolute atomic E-state index is 9.86. The molecule has 0 radical (unpaired) electrons. The fourth-order valence-electron chi connectivity index (χ4n) is 2.16. The minimum Gasteiger partial charge on any atom is -0.393 e. The monoisotopic (exact) mass is 186 g/mol. The molecular formula is C11H22O2. The first kappa shape index (κ1) is 11.0. The molecule has 13 heavy (non-hydrogen) atoms. The fourth-order valence-corrected chi connectivity index (χ4v) is 2.16. The van der Waals surface area contributed by atoms with Gasteiger partial charge in [0.25, 0.3) is 0 Å². The van der Waals surface area contributed by atoms with Gasteiger partial charge >= 0.3 is 0 Å². The van der Waals surface area contributed by atoms with Crippen LogP contribution in [0.25, 0.3) is 0 Å². The summed E-state index contributed by atoms with van der Waals surface area (Å²) in [5, 5.41) is 19.5. The number of aliphatic hydroxyl groups is 2. The molecule has 0 unspecified atom stereocenters. The Morgan fingerprint density at radius 1 is 1.08 bits per heavy atom. The topological polar surface area (TPSA) is 40.5 Å². The van der Waals surface area contributed by atoms with Crippen LogP contribution in [0.1, 0.15) is 46.5 Å². The van der Waals surface area contributed by atoms with Crippen molar-refractivity contribution in [3.05, 3.63) is 0 Å². The van der Waals surface area contributed by atoms with Gasteiger partial charge in [-0.05, 0) is 51.4 Å². The van der Waals surface area contributed by atoms with Crippen LogP contribution in [0.3, 0.4) is 0 Å². The first-order valence-corrected chi connectivity index (χ1v) is 5.31. The molecule has 1 rings (SSSR count). The zero-order chi connectivity index (χ0) is 10.1. The van der Waals surface area contributed by atoms with Gasteiger partial charge < -0.3 is 10.2 Å². The first-order chi connectivity index (χ1) is 5.91. The van der Waals surface area contributed by atoms with Gasteiger partial charge in [0, 0.05) is 0 Å². The van der Waals surface area contributed by atoms with Crippen molar-refractivity contribution in [1.82, 2.24) is 0 Å². The Morgan fingerprint density at radius 3 is 2.15 bits per heavy atom. The molecule has 0 bridgehead atoms. The van der Waals surface area contributed by atoms with Gasteiger partial charge in [-0.25, -0.2) is 0 Å². The molecule has 2 nitrogen and oxygen atoms in total. The molecule has 0 aliphatic heterocycles. The lowest BCUT2D eigenvalue weighted by atomic mass is 9.85. The van der Waals surface area contributed by atoms with Crippen molar-refractivity contribution in [3.8, 4) is 0 Å². The zero-order valence-electron chi connectivity index (χ0n) is 8.95. The van der Waals surface area contributed by atoms with E-state index in [1.165, 1.54) is 0 Å². The van der Waals surface area contributed by atoms with Crippen LogP contribution in [-0.4, -0.2) is 21.9 Å². The van der Waals surface area contributed by atoms with Gasteiger partial charge in [0.1, 0.15) is 0 Å². The Hall–Kier alpha value is -0.0800. The average molecular weight is 186 g/mol. The molecule has 0 heterocycles. The molecule has 0 saturated heterocycles. The summed E-state index contributed by atoms with van der Waals surface area (Å²) in [5.74, 6) is 0.749. The van der Waals surface area contributed by atoms with Crippen LogP contribution in [0.4, 0.5) is 0 Å². The quantitative estimate of drug-likeness (QED) is 0.614. The summed E-state index contributed by atoms with van der Waals surface area (Å²) in [4.78, 5) is 0. The van der Waals surface area contributed by atoms with E-state index in [1.54, 1.807) is 0 Å². The van der Waals surface area contributed by atoms with E-state index in [2.05, 4.69) is 6.92 Å². The van der Waals surface area contributed by atoms with Crippen molar-refractivity contribution in [3.63, 3.8) is 0 Å². The lowest BCUT2D eigenvalue weighted by molar-refractivity contribution is 0.00890. The molecule has 1 saturated carbocycles. The number of aliphatic hydroxyl groups excluding tert-OH is 1. The molecule has 0 aromatic carbocycles. The van der Waals surface area contributed by atoms with Crippen LogP contribution in [0, 0.1) is 11.8 Å². The van der Waals surface area contributed by atoms with Crippen LogP contribution >= 0.6 is 0 Å². The molecule has 78 valence electrons. The first-order valence-electron chi connectivity index (χ1n) is 5.31. The Morgan fingerprint density at radius 2 is 1.62 bits per heavy atom. The van der Waals surface area contributed by atoms with Gasteiger partial charge in [0.2, 0.25) is 0 Å².